The summed E-state index contributed by atoms with van der Waals surface area (Å²) < 4.78 is 10.3. The fourth-order valence-electron chi connectivity index (χ4n) is 3.07. The third kappa shape index (κ3) is 5.70. The molecule has 0 radical (unpaired) electrons. The molecule has 3 aromatic rings. The van der Waals surface area contributed by atoms with Gasteiger partial charge in [-0.15, -0.1) is 0 Å². The number of benzene rings is 3. The van der Waals surface area contributed by atoms with Crippen LogP contribution in [0, 0.1) is 0 Å². The van der Waals surface area contributed by atoms with Crippen LogP contribution in [0.15, 0.2) is 65.8 Å². The molecule has 0 unspecified atom stereocenters. The molecule has 0 aliphatic carbocycles. The highest BCUT2D eigenvalue weighted by Crippen LogP contribution is 2.32. The van der Waals surface area contributed by atoms with Gasteiger partial charge in [0.2, 0.25) is 0 Å². The van der Waals surface area contributed by atoms with Crippen LogP contribution in [-0.2, 0) is 0 Å². The number of amides is 2. The fourth-order valence-corrected chi connectivity index (χ4v) is 3.26. The molecule has 0 bridgehead atoms. The van der Waals surface area contributed by atoms with Crippen LogP contribution in [0.25, 0.3) is 0 Å². The molecule has 34 heavy (non-hydrogen) atoms. The van der Waals surface area contributed by atoms with Gasteiger partial charge < -0.3 is 19.9 Å². The van der Waals surface area contributed by atoms with Gasteiger partial charge in [0.1, 0.15) is 5.56 Å². The smallest absolute Gasteiger partial charge is 0.340 e. The molecule has 0 saturated carbocycles. The predicted octanol–water partition coefficient (Wildman–Crippen LogP) is 4.07. The van der Waals surface area contributed by atoms with E-state index in [0.29, 0.717) is 16.3 Å². The lowest BCUT2D eigenvalue weighted by atomic mass is 10.1. The molecule has 2 amide bonds. The Hall–Kier alpha value is -4.37. The first-order chi connectivity index (χ1) is 16.3. The molecule has 10 heteroatoms. The number of rotatable bonds is 8. The summed E-state index contributed by atoms with van der Waals surface area (Å²) in [5, 5.41) is 16.5. The molecule has 9 nitrogen and oxygen atoms in total. The van der Waals surface area contributed by atoms with E-state index < -0.39 is 11.9 Å². The highest BCUT2D eigenvalue weighted by atomic mass is 35.5. The maximum absolute atomic E-state index is 12.5. The number of ether oxygens (including phenoxy) is 2. The number of hydrogen-bond acceptors (Lipinski definition) is 6. The standard InChI is InChI=1S/C24H20ClN3O6/c1-33-19-10-9-16(20(24(31)32)21(19)34-2)13-26-28-23(30)15-6-4-8-18(12-15)27-22(29)14-5-3-7-17(25)11-14/h3-13H,1-2H3,(H,27,29)(H,28,30)(H,31,32)/b26-13-. The minimum Gasteiger partial charge on any atom is -0.493 e. The van der Waals surface area contributed by atoms with Crippen molar-refractivity contribution in [2.45, 2.75) is 0 Å². The van der Waals surface area contributed by atoms with Crippen molar-refractivity contribution in [3.05, 3.63) is 87.9 Å². The fraction of sp³-hybridized carbons (Fsp3) is 0.0833. The zero-order valence-corrected chi connectivity index (χ0v) is 18.9. The van der Waals surface area contributed by atoms with E-state index in [1.807, 2.05) is 0 Å². The first-order valence-electron chi connectivity index (χ1n) is 9.82. The predicted molar refractivity (Wildman–Crippen MR) is 127 cm³/mol. The highest BCUT2D eigenvalue weighted by molar-refractivity contribution is 6.31. The number of halogens is 1. The van der Waals surface area contributed by atoms with Crippen molar-refractivity contribution >= 4 is 41.3 Å². The molecule has 0 atom stereocenters. The van der Waals surface area contributed by atoms with Crippen LogP contribution in [-0.4, -0.2) is 43.3 Å². The average molecular weight is 482 g/mol. The average Bonchev–Trinajstić information content (AvgIpc) is 2.83. The van der Waals surface area contributed by atoms with E-state index in [1.54, 1.807) is 36.4 Å². The van der Waals surface area contributed by atoms with Crippen LogP contribution in [0.5, 0.6) is 11.5 Å². The molecule has 0 aliphatic heterocycles. The number of carboxylic acids is 1. The zero-order chi connectivity index (χ0) is 24.7. The molecule has 174 valence electrons. The third-order valence-electron chi connectivity index (χ3n) is 4.63. The number of methoxy groups -OCH3 is 2. The molecule has 0 fully saturated rings. The van der Waals surface area contributed by atoms with Crippen LogP contribution in [0.1, 0.15) is 36.6 Å². The number of anilines is 1. The molecule has 0 aliphatic rings. The molecular formula is C24H20ClN3O6. The maximum Gasteiger partial charge on any atom is 0.340 e. The van der Waals surface area contributed by atoms with Crippen LogP contribution in [0.3, 0.4) is 0 Å². The summed E-state index contributed by atoms with van der Waals surface area (Å²) >= 11 is 5.92. The zero-order valence-electron chi connectivity index (χ0n) is 18.2. The topological polar surface area (TPSA) is 126 Å². The van der Waals surface area contributed by atoms with Gasteiger partial charge in [0.05, 0.1) is 20.4 Å². The Labute approximate surface area is 200 Å². The van der Waals surface area contributed by atoms with Gasteiger partial charge in [0.15, 0.2) is 11.5 Å². The van der Waals surface area contributed by atoms with Gasteiger partial charge in [0, 0.05) is 27.4 Å². The second-order valence-electron chi connectivity index (χ2n) is 6.81. The Balaban J connectivity index is 1.73. The van der Waals surface area contributed by atoms with Gasteiger partial charge >= 0.3 is 5.97 Å². The third-order valence-corrected chi connectivity index (χ3v) is 4.87. The van der Waals surface area contributed by atoms with Crippen molar-refractivity contribution < 1.29 is 29.0 Å². The summed E-state index contributed by atoms with van der Waals surface area (Å²) in [7, 11) is 2.72. The molecular weight excluding hydrogens is 462 g/mol. The Bertz CT molecular complexity index is 1280. The van der Waals surface area contributed by atoms with E-state index in [9.17, 15) is 19.5 Å². The van der Waals surface area contributed by atoms with Crippen molar-refractivity contribution in [1.82, 2.24) is 5.43 Å². The van der Waals surface area contributed by atoms with E-state index in [4.69, 9.17) is 21.1 Å². The Kier molecular flexibility index (Phi) is 7.83. The van der Waals surface area contributed by atoms with Crippen molar-refractivity contribution in [2.75, 3.05) is 19.5 Å². The number of hydrazone groups is 1. The minimum absolute atomic E-state index is 0.0356. The first-order valence-corrected chi connectivity index (χ1v) is 10.2. The summed E-state index contributed by atoms with van der Waals surface area (Å²) in [4.78, 5) is 36.6. The molecule has 0 heterocycles. The van der Waals surface area contributed by atoms with Gasteiger partial charge in [-0.2, -0.15) is 5.10 Å². The van der Waals surface area contributed by atoms with E-state index in [2.05, 4.69) is 15.8 Å². The molecule has 3 rings (SSSR count). The van der Waals surface area contributed by atoms with Gasteiger partial charge in [-0.1, -0.05) is 23.7 Å². The summed E-state index contributed by atoms with van der Waals surface area (Å²) in [5.41, 5.74) is 3.37. The van der Waals surface area contributed by atoms with E-state index in [-0.39, 0.29) is 34.1 Å². The van der Waals surface area contributed by atoms with Gasteiger partial charge in [-0.05, 0) is 48.5 Å². The maximum atomic E-state index is 12.5. The number of carboxylic acid groups (broad SMARTS) is 1. The van der Waals surface area contributed by atoms with E-state index in [0.717, 1.165) is 0 Å². The normalized spacial score (nSPS) is 10.6. The quantitative estimate of drug-likeness (QED) is 0.329. The van der Waals surface area contributed by atoms with Gasteiger partial charge in [0.25, 0.3) is 11.8 Å². The van der Waals surface area contributed by atoms with Crippen molar-refractivity contribution in [3.8, 4) is 11.5 Å². The van der Waals surface area contributed by atoms with Crippen LogP contribution < -0.4 is 20.2 Å². The lowest BCUT2D eigenvalue weighted by molar-refractivity contribution is 0.0692. The second kappa shape index (κ2) is 11.0. The number of nitrogens with zero attached hydrogens (tertiary/aromatic N) is 1. The molecule has 0 spiro atoms. The number of carbonyl (C=O) groups excluding carboxylic acids is 2. The monoisotopic (exact) mass is 481 g/mol. The SMILES string of the molecule is COc1ccc(/C=N\NC(=O)c2cccc(NC(=O)c3cccc(Cl)c3)c2)c(C(=O)O)c1OC. The van der Waals surface area contributed by atoms with Crippen LogP contribution >= 0.6 is 11.6 Å². The highest BCUT2D eigenvalue weighted by Gasteiger charge is 2.20. The summed E-state index contributed by atoms with van der Waals surface area (Å²) in [6.07, 6.45) is 1.19. The lowest BCUT2D eigenvalue weighted by Gasteiger charge is -2.12. The number of nitrogens with one attached hydrogen (secondary N) is 2. The number of hydrogen-bond donors (Lipinski definition) is 3. The van der Waals surface area contributed by atoms with Gasteiger partial charge in [-0.3, -0.25) is 9.59 Å². The Morgan fingerprint density at radius 3 is 2.29 bits per heavy atom. The van der Waals surface area contributed by atoms with Crippen LogP contribution in [0.4, 0.5) is 5.69 Å². The van der Waals surface area contributed by atoms with E-state index in [1.165, 1.54) is 44.7 Å². The van der Waals surface area contributed by atoms with Crippen molar-refractivity contribution in [2.24, 2.45) is 5.10 Å². The Morgan fingerprint density at radius 1 is 0.941 bits per heavy atom. The molecule has 0 aromatic heterocycles. The molecule has 3 aromatic carbocycles. The van der Waals surface area contributed by atoms with Crippen molar-refractivity contribution in [1.29, 1.82) is 0 Å². The van der Waals surface area contributed by atoms with Crippen LogP contribution in [0.2, 0.25) is 5.02 Å². The second-order valence-corrected chi connectivity index (χ2v) is 7.25. The lowest BCUT2D eigenvalue weighted by Crippen LogP contribution is -2.18. The first kappa shape index (κ1) is 24.3. The van der Waals surface area contributed by atoms with Crippen molar-refractivity contribution in [3.63, 3.8) is 0 Å². The largest absolute Gasteiger partial charge is 0.493 e. The number of aromatic carboxylic acids is 1. The molecule has 3 N–H and O–H groups in total. The summed E-state index contributed by atoms with van der Waals surface area (Å²) in [6.45, 7) is 0. The summed E-state index contributed by atoms with van der Waals surface area (Å²) in [6, 6.07) is 15.7. The molecule has 0 saturated heterocycles. The summed E-state index contributed by atoms with van der Waals surface area (Å²) in [5.74, 6) is -1.90. The van der Waals surface area contributed by atoms with E-state index >= 15 is 0 Å². The van der Waals surface area contributed by atoms with Gasteiger partial charge in [-0.25, -0.2) is 10.2 Å². The minimum atomic E-state index is -1.24. The number of carbonyl (C=O) groups is 3. The Morgan fingerprint density at radius 2 is 1.65 bits per heavy atom.